The zero-order chi connectivity index (χ0) is 20.8. The van der Waals surface area contributed by atoms with Gasteiger partial charge in [-0.15, -0.1) is 0 Å². The molecule has 0 radical (unpaired) electrons. The topological polar surface area (TPSA) is 67.1 Å². The van der Waals surface area contributed by atoms with E-state index >= 15 is 0 Å². The molecule has 7 heteroatoms. The van der Waals surface area contributed by atoms with Gasteiger partial charge in [-0.05, 0) is 42.5 Å². The number of piperazine rings is 1. The molecule has 2 fully saturated rings. The maximum absolute atomic E-state index is 12.9. The number of benzene rings is 1. The van der Waals surface area contributed by atoms with Gasteiger partial charge in [0.15, 0.2) is 13.1 Å². The summed E-state index contributed by atoms with van der Waals surface area (Å²) in [5, 5.41) is 6.08. The number of quaternary nitrogens is 2. The van der Waals surface area contributed by atoms with Gasteiger partial charge < -0.3 is 20.4 Å². The minimum absolute atomic E-state index is 0.0618. The molecule has 2 aliphatic rings. The molecule has 1 aromatic rings. The second kappa shape index (κ2) is 10.2. The molecule has 1 heterocycles. The highest BCUT2D eigenvalue weighted by Crippen LogP contribution is 2.29. The fraction of sp³-hybridized carbons (Fsp3) is 0.636. The maximum atomic E-state index is 12.9. The minimum atomic E-state index is -0.316. The Morgan fingerprint density at radius 1 is 0.966 bits per heavy atom. The molecule has 1 aromatic carbocycles. The van der Waals surface area contributed by atoms with E-state index in [2.05, 4.69) is 24.5 Å². The van der Waals surface area contributed by atoms with Crippen molar-refractivity contribution in [2.45, 2.75) is 39.2 Å². The van der Waals surface area contributed by atoms with Gasteiger partial charge in [0, 0.05) is 11.7 Å². The van der Waals surface area contributed by atoms with Gasteiger partial charge in [-0.3, -0.25) is 9.59 Å². The molecule has 0 aromatic heterocycles. The van der Waals surface area contributed by atoms with Gasteiger partial charge in [0.05, 0.1) is 0 Å². The molecule has 3 rings (SSSR count). The molecular formula is C22H35FN4O2+2. The first kappa shape index (κ1) is 21.7. The van der Waals surface area contributed by atoms with Crippen molar-refractivity contribution >= 4 is 17.5 Å². The average Bonchev–Trinajstić information content (AvgIpc) is 2.69. The molecule has 1 saturated heterocycles. The fourth-order valence-electron chi connectivity index (χ4n) is 4.55. The van der Waals surface area contributed by atoms with E-state index in [-0.39, 0.29) is 17.6 Å². The van der Waals surface area contributed by atoms with E-state index in [9.17, 15) is 14.0 Å². The van der Waals surface area contributed by atoms with Crippen LogP contribution in [0.15, 0.2) is 24.3 Å². The summed E-state index contributed by atoms with van der Waals surface area (Å²) in [5.41, 5.74) is 0.614. The molecular weight excluding hydrogens is 371 g/mol. The molecule has 2 amide bonds. The van der Waals surface area contributed by atoms with Crippen LogP contribution in [-0.4, -0.2) is 57.1 Å². The molecule has 1 saturated carbocycles. The highest BCUT2D eigenvalue weighted by atomic mass is 19.1. The number of hydrogen-bond acceptors (Lipinski definition) is 2. The number of anilines is 1. The van der Waals surface area contributed by atoms with Gasteiger partial charge in [-0.1, -0.05) is 26.7 Å². The summed E-state index contributed by atoms with van der Waals surface area (Å²) < 4.78 is 12.9. The lowest BCUT2D eigenvalue weighted by Gasteiger charge is -2.35. The fourth-order valence-corrected chi connectivity index (χ4v) is 4.55. The van der Waals surface area contributed by atoms with Crippen molar-refractivity contribution in [3.8, 4) is 0 Å². The largest absolute Gasteiger partial charge is 0.348 e. The lowest BCUT2D eigenvalue weighted by molar-refractivity contribution is -1.00. The first-order chi connectivity index (χ1) is 13.9. The predicted molar refractivity (Wildman–Crippen MR) is 110 cm³/mol. The van der Waals surface area contributed by atoms with Crippen molar-refractivity contribution in [3.05, 3.63) is 30.1 Å². The van der Waals surface area contributed by atoms with E-state index in [0.29, 0.717) is 36.7 Å². The van der Waals surface area contributed by atoms with E-state index in [1.165, 1.54) is 34.8 Å². The number of nitrogens with one attached hydrogen (secondary N) is 4. The van der Waals surface area contributed by atoms with Gasteiger partial charge in [0.1, 0.15) is 32.0 Å². The summed E-state index contributed by atoms with van der Waals surface area (Å²) in [6.45, 7) is 8.98. The van der Waals surface area contributed by atoms with Crippen LogP contribution >= 0.6 is 0 Å². The SMILES string of the molecule is C[C@@H]1[C@@H](C)CCC[C@H]1NC(=O)C[NH+]1CC[NH+](CC(=O)Nc2ccc(F)cc2)CC1. The third kappa shape index (κ3) is 6.51. The molecule has 1 aliphatic heterocycles. The van der Waals surface area contributed by atoms with Gasteiger partial charge in [-0.25, -0.2) is 4.39 Å². The zero-order valence-electron chi connectivity index (χ0n) is 17.6. The summed E-state index contributed by atoms with van der Waals surface area (Å²) in [5.74, 6) is 0.999. The van der Waals surface area contributed by atoms with Gasteiger partial charge in [0.25, 0.3) is 11.8 Å². The van der Waals surface area contributed by atoms with Crippen LogP contribution in [0.1, 0.15) is 33.1 Å². The predicted octanol–water partition coefficient (Wildman–Crippen LogP) is -0.511. The van der Waals surface area contributed by atoms with E-state index in [4.69, 9.17) is 0 Å². The quantitative estimate of drug-likeness (QED) is 0.514. The third-order valence-corrected chi connectivity index (χ3v) is 6.67. The van der Waals surface area contributed by atoms with Gasteiger partial charge in [-0.2, -0.15) is 0 Å². The Morgan fingerprint density at radius 2 is 1.55 bits per heavy atom. The van der Waals surface area contributed by atoms with Crippen LogP contribution in [-0.2, 0) is 9.59 Å². The second-order valence-corrected chi connectivity index (χ2v) is 8.85. The Hall–Kier alpha value is -1.99. The Balaban J connectivity index is 1.36. The monoisotopic (exact) mass is 406 g/mol. The summed E-state index contributed by atoms with van der Waals surface area (Å²) in [6, 6.07) is 6.12. The molecule has 0 bridgehead atoms. The van der Waals surface area contributed by atoms with E-state index in [1.54, 1.807) is 12.1 Å². The standard InChI is InChI=1S/C22H33FN4O2/c1-16-4-3-5-20(17(16)2)25-22(29)15-27-12-10-26(11-13-27)14-21(28)24-19-8-6-18(23)7-9-19/h6-9,16-17,20H,3-5,10-15H2,1-2H3,(H,24,28)(H,25,29)/p+2/t16-,17+,20+/m0/s1. The van der Waals surface area contributed by atoms with E-state index < -0.39 is 0 Å². The first-order valence-electron chi connectivity index (χ1n) is 10.9. The number of carbonyl (C=O) groups is 2. The number of rotatable bonds is 6. The first-order valence-corrected chi connectivity index (χ1v) is 10.9. The summed E-state index contributed by atoms with van der Waals surface area (Å²) in [6.07, 6.45) is 3.55. The molecule has 160 valence electrons. The average molecular weight is 407 g/mol. The van der Waals surface area contributed by atoms with Crippen LogP contribution in [0.2, 0.25) is 0 Å². The van der Waals surface area contributed by atoms with E-state index in [1.807, 2.05) is 0 Å². The second-order valence-electron chi connectivity index (χ2n) is 8.85. The van der Waals surface area contributed by atoms with Crippen molar-refractivity contribution in [1.82, 2.24) is 5.32 Å². The van der Waals surface area contributed by atoms with Crippen molar-refractivity contribution in [3.63, 3.8) is 0 Å². The maximum Gasteiger partial charge on any atom is 0.279 e. The Bertz CT molecular complexity index is 689. The summed E-state index contributed by atoms with van der Waals surface area (Å²) in [4.78, 5) is 27.2. The van der Waals surface area contributed by atoms with Crippen LogP contribution in [0, 0.1) is 17.7 Å². The number of halogens is 1. The smallest absolute Gasteiger partial charge is 0.279 e. The molecule has 0 unspecified atom stereocenters. The molecule has 4 N–H and O–H groups in total. The number of hydrogen-bond donors (Lipinski definition) is 4. The third-order valence-electron chi connectivity index (χ3n) is 6.67. The van der Waals surface area contributed by atoms with E-state index in [0.717, 1.165) is 32.6 Å². The molecule has 29 heavy (non-hydrogen) atoms. The van der Waals surface area contributed by atoms with Crippen LogP contribution in [0.3, 0.4) is 0 Å². The molecule has 3 atom stereocenters. The Labute approximate surface area is 172 Å². The van der Waals surface area contributed by atoms with Crippen molar-refractivity contribution < 1.29 is 23.8 Å². The molecule has 0 spiro atoms. The zero-order valence-corrected chi connectivity index (χ0v) is 17.6. The van der Waals surface area contributed by atoms with Gasteiger partial charge >= 0.3 is 0 Å². The van der Waals surface area contributed by atoms with Crippen molar-refractivity contribution in [1.29, 1.82) is 0 Å². The summed E-state index contributed by atoms with van der Waals surface area (Å²) in [7, 11) is 0. The van der Waals surface area contributed by atoms with Crippen LogP contribution in [0.5, 0.6) is 0 Å². The summed E-state index contributed by atoms with van der Waals surface area (Å²) >= 11 is 0. The number of carbonyl (C=O) groups excluding carboxylic acids is 2. The molecule has 6 nitrogen and oxygen atoms in total. The van der Waals surface area contributed by atoms with Crippen LogP contribution in [0.4, 0.5) is 10.1 Å². The van der Waals surface area contributed by atoms with Gasteiger partial charge in [0.2, 0.25) is 0 Å². The normalized spacial score (nSPS) is 29.8. The minimum Gasteiger partial charge on any atom is -0.348 e. The van der Waals surface area contributed by atoms with Crippen molar-refractivity contribution in [2.75, 3.05) is 44.6 Å². The Morgan fingerprint density at radius 3 is 2.17 bits per heavy atom. The lowest BCUT2D eigenvalue weighted by atomic mass is 9.78. The Kier molecular flexibility index (Phi) is 7.61. The van der Waals surface area contributed by atoms with Crippen molar-refractivity contribution in [2.24, 2.45) is 11.8 Å². The number of amides is 2. The van der Waals surface area contributed by atoms with Crippen LogP contribution in [0.25, 0.3) is 0 Å². The van der Waals surface area contributed by atoms with Crippen LogP contribution < -0.4 is 20.4 Å². The highest BCUT2D eigenvalue weighted by molar-refractivity contribution is 5.91. The molecule has 1 aliphatic carbocycles. The highest BCUT2D eigenvalue weighted by Gasteiger charge is 2.30. The lowest BCUT2D eigenvalue weighted by Crippen LogP contribution is -3.28.